The van der Waals surface area contributed by atoms with E-state index in [9.17, 15) is 8.42 Å². The van der Waals surface area contributed by atoms with Gasteiger partial charge in [0, 0.05) is 0 Å². The van der Waals surface area contributed by atoms with Gasteiger partial charge in [-0.15, -0.1) is 0 Å². The van der Waals surface area contributed by atoms with E-state index in [0.29, 0.717) is 12.6 Å². The lowest BCUT2D eigenvalue weighted by molar-refractivity contribution is -0.565. The molecule has 2 N–H and O–H groups in total. The van der Waals surface area contributed by atoms with Gasteiger partial charge in [-0.1, -0.05) is 30.3 Å². The Morgan fingerprint density at radius 3 is 2.78 bits per heavy atom. The van der Waals surface area contributed by atoms with Gasteiger partial charge in [0.1, 0.15) is 11.8 Å². The average molecular weight is 267 g/mol. The smallest absolute Gasteiger partial charge is 0.391 e. The first-order valence-electron chi connectivity index (χ1n) is 5.93. The Labute approximate surface area is 106 Å². The molecule has 1 aromatic rings. The van der Waals surface area contributed by atoms with Crippen LogP contribution in [0.1, 0.15) is 5.56 Å². The molecule has 2 heterocycles. The van der Waals surface area contributed by atoms with E-state index in [1.54, 1.807) is 0 Å². The van der Waals surface area contributed by atoms with Gasteiger partial charge in [0.25, 0.3) is 0 Å². The minimum absolute atomic E-state index is 0.00970. The largest absolute Gasteiger partial charge is 0.426 e. The highest BCUT2D eigenvalue weighted by Crippen LogP contribution is 2.16. The first-order chi connectivity index (χ1) is 8.62. The van der Waals surface area contributed by atoms with E-state index in [-0.39, 0.29) is 23.7 Å². The quantitative estimate of drug-likeness (QED) is 0.770. The van der Waals surface area contributed by atoms with Crippen LogP contribution >= 0.6 is 0 Å². The second kappa shape index (κ2) is 4.37. The summed E-state index contributed by atoms with van der Waals surface area (Å²) < 4.78 is 28.3. The van der Waals surface area contributed by atoms with Crippen LogP contribution in [0.15, 0.2) is 35.3 Å². The van der Waals surface area contributed by atoms with Gasteiger partial charge in [-0.25, -0.2) is 8.42 Å². The molecule has 2 fully saturated rings. The molecule has 0 saturated carbocycles. The number of benzene rings is 1. The molecule has 6 heteroatoms. The second-order valence-corrected chi connectivity index (χ2v) is 6.86. The highest BCUT2D eigenvalue weighted by molar-refractivity contribution is 7.91. The van der Waals surface area contributed by atoms with Gasteiger partial charge in [0.05, 0.1) is 12.3 Å². The molecule has 0 bridgehead atoms. The molecule has 2 aliphatic heterocycles. The summed E-state index contributed by atoms with van der Waals surface area (Å²) >= 11 is 0. The molecular formula is C12H15N2O3S+. The van der Waals surface area contributed by atoms with E-state index in [1.165, 1.54) is 0 Å². The van der Waals surface area contributed by atoms with Gasteiger partial charge >= 0.3 is 6.02 Å². The van der Waals surface area contributed by atoms with E-state index >= 15 is 0 Å². The van der Waals surface area contributed by atoms with Crippen molar-refractivity contribution in [3.05, 3.63) is 35.9 Å². The predicted molar refractivity (Wildman–Crippen MR) is 66.8 cm³/mol. The Hall–Kier alpha value is -1.40. The molecule has 2 aliphatic rings. The van der Waals surface area contributed by atoms with Crippen LogP contribution in [0.3, 0.4) is 0 Å². The molecular weight excluding hydrogens is 252 g/mol. The monoisotopic (exact) mass is 267 g/mol. The van der Waals surface area contributed by atoms with Gasteiger partial charge in [-0.05, 0) is 5.56 Å². The number of amidine groups is 1. The molecule has 0 amide bonds. The molecule has 2 atom stereocenters. The first-order valence-corrected chi connectivity index (χ1v) is 7.75. The third-order valence-electron chi connectivity index (χ3n) is 3.23. The number of nitrogens with two attached hydrogens (primary N) is 1. The molecule has 5 nitrogen and oxygen atoms in total. The summed E-state index contributed by atoms with van der Waals surface area (Å²) in [5.41, 5.74) is 1.12. The van der Waals surface area contributed by atoms with Crippen LogP contribution in [0.4, 0.5) is 0 Å². The van der Waals surface area contributed by atoms with Gasteiger partial charge in [0.2, 0.25) is 0 Å². The molecule has 2 saturated heterocycles. The molecule has 96 valence electrons. The lowest BCUT2D eigenvalue weighted by atomic mass is 10.2. The van der Waals surface area contributed by atoms with E-state index in [2.05, 4.69) is 4.99 Å². The number of rotatable bonds is 2. The number of ether oxygens (including phenoxy) is 1. The standard InChI is InChI=1S/C12H14N2O3S/c15-18(16)7-10-11(8-18)17-12(14-10)13-6-9-4-2-1-3-5-9/h1-5,10-11H,6-8H2,(H,13,14)/p+1/t10-,11-/m0/s1. The van der Waals surface area contributed by atoms with Crippen molar-refractivity contribution in [2.75, 3.05) is 11.5 Å². The predicted octanol–water partition coefficient (Wildman–Crippen LogP) is -0.698. The van der Waals surface area contributed by atoms with Crippen molar-refractivity contribution < 1.29 is 18.5 Å². The topological polar surface area (TPSA) is 72.3 Å². The van der Waals surface area contributed by atoms with E-state index in [1.807, 2.05) is 35.6 Å². The number of quaternary nitrogens is 1. The number of hydrogen-bond donors (Lipinski definition) is 1. The van der Waals surface area contributed by atoms with Crippen LogP contribution < -0.4 is 5.32 Å². The summed E-state index contributed by atoms with van der Waals surface area (Å²) in [6.45, 7) is 0.568. The third-order valence-corrected chi connectivity index (χ3v) is 4.96. The summed E-state index contributed by atoms with van der Waals surface area (Å²) in [4.78, 5) is 4.37. The summed E-state index contributed by atoms with van der Waals surface area (Å²) in [5.74, 6) is 0.320. The number of nitrogens with zero attached hydrogens (tertiary/aromatic N) is 1. The maximum absolute atomic E-state index is 11.4. The summed E-state index contributed by atoms with van der Waals surface area (Å²) in [6.07, 6.45) is -0.218. The Balaban J connectivity index is 1.64. The minimum Gasteiger partial charge on any atom is -0.426 e. The molecule has 0 radical (unpaired) electrons. The SMILES string of the molecule is O=S1(=O)C[C@@H]2[NH2+]C(=NCc3ccccc3)O[C@H]2C1. The molecule has 0 unspecified atom stereocenters. The summed E-state index contributed by atoms with van der Waals surface area (Å²) in [7, 11) is -2.91. The highest BCUT2D eigenvalue weighted by atomic mass is 32.2. The van der Waals surface area contributed by atoms with Crippen LogP contribution in [-0.2, 0) is 21.1 Å². The minimum atomic E-state index is -2.91. The van der Waals surface area contributed by atoms with Crippen molar-refractivity contribution >= 4 is 15.9 Å². The summed E-state index contributed by atoms with van der Waals surface area (Å²) in [5, 5.41) is 1.85. The normalized spacial score (nSPS) is 31.2. The molecule has 0 spiro atoms. The third kappa shape index (κ3) is 2.39. The van der Waals surface area contributed by atoms with E-state index < -0.39 is 9.84 Å². The van der Waals surface area contributed by atoms with Crippen molar-refractivity contribution in [2.45, 2.75) is 18.7 Å². The zero-order chi connectivity index (χ0) is 12.6. The molecule has 1 aromatic carbocycles. The highest BCUT2D eigenvalue weighted by Gasteiger charge is 2.48. The lowest BCUT2D eigenvalue weighted by Crippen LogP contribution is -2.91. The van der Waals surface area contributed by atoms with Crippen LogP contribution in [-0.4, -0.2) is 38.1 Å². The number of sulfone groups is 1. The molecule has 0 aliphatic carbocycles. The first kappa shape index (κ1) is 11.7. The van der Waals surface area contributed by atoms with E-state index in [4.69, 9.17) is 4.74 Å². The number of aliphatic imine (C=N–C) groups is 1. The van der Waals surface area contributed by atoms with E-state index in [0.717, 1.165) is 5.56 Å². The zero-order valence-electron chi connectivity index (χ0n) is 9.82. The fourth-order valence-corrected chi connectivity index (χ4v) is 4.19. The van der Waals surface area contributed by atoms with Gasteiger partial charge in [-0.3, -0.25) is 5.32 Å². The molecule has 3 rings (SSSR count). The van der Waals surface area contributed by atoms with Gasteiger partial charge in [0.15, 0.2) is 15.9 Å². The Morgan fingerprint density at radius 2 is 2.06 bits per heavy atom. The Kier molecular flexibility index (Phi) is 2.83. The second-order valence-electron chi connectivity index (χ2n) is 4.70. The Bertz CT molecular complexity index is 546. The maximum Gasteiger partial charge on any atom is 0.391 e. The maximum atomic E-state index is 11.4. The zero-order valence-corrected chi connectivity index (χ0v) is 10.6. The van der Waals surface area contributed by atoms with Gasteiger partial charge < -0.3 is 4.74 Å². The average Bonchev–Trinajstić information content (AvgIpc) is 2.81. The van der Waals surface area contributed by atoms with Crippen molar-refractivity contribution in [3.8, 4) is 0 Å². The van der Waals surface area contributed by atoms with Crippen LogP contribution in [0, 0.1) is 0 Å². The molecule has 0 aromatic heterocycles. The van der Waals surface area contributed by atoms with Crippen LogP contribution in [0.2, 0.25) is 0 Å². The lowest BCUT2D eigenvalue weighted by Gasteiger charge is -1.99. The van der Waals surface area contributed by atoms with Crippen molar-refractivity contribution in [3.63, 3.8) is 0 Å². The fraction of sp³-hybridized carbons (Fsp3) is 0.417. The van der Waals surface area contributed by atoms with Crippen molar-refractivity contribution in [1.82, 2.24) is 0 Å². The summed E-state index contributed by atoms with van der Waals surface area (Å²) in [6, 6.07) is 10.5. The number of hydrogen-bond acceptors (Lipinski definition) is 4. The fourth-order valence-electron chi connectivity index (χ4n) is 2.34. The van der Waals surface area contributed by atoms with Crippen molar-refractivity contribution in [1.29, 1.82) is 0 Å². The Morgan fingerprint density at radius 1 is 1.28 bits per heavy atom. The number of fused-ring (bicyclic) bond motifs is 1. The van der Waals surface area contributed by atoms with Crippen LogP contribution in [0.25, 0.3) is 0 Å². The van der Waals surface area contributed by atoms with Crippen LogP contribution in [0.5, 0.6) is 0 Å². The van der Waals surface area contributed by atoms with Gasteiger partial charge in [-0.2, -0.15) is 4.99 Å². The molecule has 18 heavy (non-hydrogen) atoms. The van der Waals surface area contributed by atoms with Crippen molar-refractivity contribution in [2.24, 2.45) is 4.99 Å².